The molecule has 1 aliphatic carbocycles. The van der Waals surface area contributed by atoms with Gasteiger partial charge in [-0.3, -0.25) is 10.1 Å². The van der Waals surface area contributed by atoms with E-state index in [-0.39, 0.29) is 35.2 Å². The Morgan fingerprint density at radius 2 is 1.76 bits per heavy atom. The van der Waals surface area contributed by atoms with Gasteiger partial charge in [-0.2, -0.15) is 0 Å². The Bertz CT molecular complexity index is 1230. The van der Waals surface area contributed by atoms with Crippen LogP contribution in [0.1, 0.15) is 34.5 Å². The second-order valence-corrected chi connectivity index (χ2v) is 9.26. The molecule has 34 heavy (non-hydrogen) atoms. The van der Waals surface area contributed by atoms with Crippen LogP contribution in [0.3, 0.4) is 0 Å². The van der Waals surface area contributed by atoms with Crippen molar-refractivity contribution in [3.05, 3.63) is 65.4 Å². The minimum Gasteiger partial charge on any atom is -0.480 e. The van der Waals surface area contributed by atoms with Crippen LogP contribution in [0.15, 0.2) is 53.2 Å². The highest BCUT2D eigenvalue weighted by atomic mass is 32.2. The molecule has 11 heteroatoms. The Labute approximate surface area is 198 Å². The third-order valence-corrected chi connectivity index (χ3v) is 7.22. The number of nitrogens with one attached hydrogen (secondary N) is 1. The minimum absolute atomic E-state index is 0.0787. The van der Waals surface area contributed by atoms with E-state index >= 15 is 0 Å². The van der Waals surface area contributed by atoms with Gasteiger partial charge in [0.05, 0.1) is 5.37 Å². The first-order valence-electron chi connectivity index (χ1n) is 10.6. The third kappa shape index (κ3) is 3.77. The van der Waals surface area contributed by atoms with Gasteiger partial charge in [-0.05, 0) is 39.5 Å². The molecule has 10 nitrogen and oxygen atoms in total. The number of anilines is 1. The van der Waals surface area contributed by atoms with Crippen molar-refractivity contribution in [2.45, 2.75) is 24.3 Å². The molecular formula is C23H20N4O6S. The zero-order chi connectivity index (χ0) is 23.8. The maximum atomic E-state index is 13.0. The largest absolute Gasteiger partial charge is 0.480 e. The molecule has 1 saturated heterocycles. The number of thioether (sulfide) groups is 1. The number of ether oxygens (including phenoxy) is 1. The van der Waals surface area contributed by atoms with Crippen molar-refractivity contribution in [3.63, 3.8) is 0 Å². The number of fused-ring (bicyclic) bond motifs is 3. The molecule has 1 fully saturated rings. The highest BCUT2D eigenvalue weighted by Crippen LogP contribution is 2.44. The van der Waals surface area contributed by atoms with Gasteiger partial charge in [0.1, 0.15) is 12.6 Å². The molecule has 2 amide bonds. The number of carbonyl (C=O) groups excluding carboxylic acids is 2. The molecule has 174 valence electrons. The lowest BCUT2D eigenvalue weighted by Crippen LogP contribution is -2.45. The summed E-state index contributed by atoms with van der Waals surface area (Å²) in [6, 6.07) is 14.9. The van der Waals surface area contributed by atoms with E-state index in [1.165, 1.54) is 16.7 Å². The highest BCUT2D eigenvalue weighted by molar-refractivity contribution is 8.00. The monoisotopic (exact) mass is 480 g/mol. The molecule has 0 bridgehead atoms. The highest BCUT2D eigenvalue weighted by Gasteiger charge is 2.42. The van der Waals surface area contributed by atoms with E-state index in [1.54, 1.807) is 6.92 Å². The Hall–Kier alpha value is -3.86. The van der Waals surface area contributed by atoms with Gasteiger partial charge < -0.3 is 14.7 Å². The number of nitrogens with zero attached hydrogens (tertiary/aromatic N) is 3. The molecule has 0 spiro atoms. The number of aromatic nitrogens is 2. The summed E-state index contributed by atoms with van der Waals surface area (Å²) in [5, 5.41) is 18.6. The number of aliphatic carboxylic acids is 1. The van der Waals surface area contributed by atoms with Crippen molar-refractivity contribution < 1.29 is 28.9 Å². The first-order valence-corrected chi connectivity index (χ1v) is 11.6. The Balaban J connectivity index is 1.29. The van der Waals surface area contributed by atoms with Crippen LogP contribution in [0.4, 0.5) is 10.6 Å². The first-order chi connectivity index (χ1) is 16.5. The van der Waals surface area contributed by atoms with Gasteiger partial charge in [0.2, 0.25) is 11.5 Å². The van der Waals surface area contributed by atoms with Gasteiger partial charge in [-0.15, -0.1) is 11.8 Å². The van der Waals surface area contributed by atoms with E-state index in [4.69, 9.17) is 4.74 Å². The zero-order valence-electron chi connectivity index (χ0n) is 18.0. The Kier molecular flexibility index (Phi) is 5.70. The van der Waals surface area contributed by atoms with Gasteiger partial charge in [0, 0.05) is 11.7 Å². The van der Waals surface area contributed by atoms with E-state index in [2.05, 4.69) is 20.3 Å². The lowest BCUT2D eigenvalue weighted by atomic mass is 9.98. The molecule has 1 aromatic heterocycles. The van der Waals surface area contributed by atoms with E-state index in [9.17, 15) is 19.5 Å². The Morgan fingerprint density at radius 3 is 2.41 bits per heavy atom. The van der Waals surface area contributed by atoms with Crippen LogP contribution in [-0.2, 0) is 9.53 Å². The van der Waals surface area contributed by atoms with Crippen LogP contribution in [0.5, 0.6) is 0 Å². The minimum atomic E-state index is -1.12. The third-order valence-electron chi connectivity index (χ3n) is 6.00. The molecule has 2 atom stereocenters. The molecule has 2 aromatic carbocycles. The van der Waals surface area contributed by atoms with E-state index in [1.807, 2.05) is 48.5 Å². The summed E-state index contributed by atoms with van der Waals surface area (Å²) in [4.78, 5) is 38.2. The van der Waals surface area contributed by atoms with Crippen molar-refractivity contribution in [1.29, 1.82) is 0 Å². The molecule has 0 saturated carbocycles. The number of carbonyl (C=O) groups is 3. The summed E-state index contributed by atoms with van der Waals surface area (Å²) in [6.07, 6.45) is -0.828. The molecule has 3 aromatic rings. The standard InChI is InChI=1S/C23H20N4O6S/c1-12-27(18(11-34-12)22(29)30)21(28)19-20(26-33-25-19)24-23(31)32-10-17-15-8-4-2-6-13(15)14-7-3-5-9-16(14)17/h2-9,12,17-18H,10-11H2,1H3,(H,29,30)(H,24,26,31). The maximum absolute atomic E-state index is 13.0. The van der Waals surface area contributed by atoms with Gasteiger partial charge in [0.15, 0.2) is 0 Å². The molecular weight excluding hydrogens is 460 g/mol. The predicted molar refractivity (Wildman–Crippen MR) is 123 cm³/mol. The maximum Gasteiger partial charge on any atom is 0.412 e. The van der Waals surface area contributed by atoms with Crippen molar-refractivity contribution in [2.75, 3.05) is 17.7 Å². The van der Waals surface area contributed by atoms with Crippen molar-refractivity contribution in [1.82, 2.24) is 15.2 Å². The van der Waals surface area contributed by atoms with Crippen LogP contribution < -0.4 is 5.32 Å². The van der Waals surface area contributed by atoms with Gasteiger partial charge in [0.25, 0.3) is 5.91 Å². The molecule has 0 radical (unpaired) electrons. The first kappa shape index (κ1) is 22.0. The van der Waals surface area contributed by atoms with Crippen LogP contribution in [-0.4, -0.2) is 62.1 Å². The smallest absolute Gasteiger partial charge is 0.412 e. The van der Waals surface area contributed by atoms with Crippen LogP contribution in [0.2, 0.25) is 0 Å². The zero-order valence-corrected chi connectivity index (χ0v) is 18.8. The molecule has 1 aliphatic heterocycles. The second-order valence-electron chi connectivity index (χ2n) is 7.91. The molecule has 2 unspecified atom stereocenters. The van der Waals surface area contributed by atoms with E-state index < -0.39 is 24.0 Å². The number of carboxylic acids is 1. The van der Waals surface area contributed by atoms with Gasteiger partial charge in [-0.1, -0.05) is 48.5 Å². The second kappa shape index (κ2) is 8.82. The molecule has 5 rings (SSSR count). The lowest BCUT2D eigenvalue weighted by Gasteiger charge is -2.23. The van der Waals surface area contributed by atoms with Gasteiger partial charge in [-0.25, -0.2) is 14.2 Å². The molecule has 2 heterocycles. The summed E-state index contributed by atoms with van der Waals surface area (Å²) in [6.45, 7) is 1.80. The predicted octanol–water partition coefficient (Wildman–Crippen LogP) is 3.42. The average molecular weight is 481 g/mol. The average Bonchev–Trinajstić information content (AvgIpc) is 3.53. The van der Waals surface area contributed by atoms with Crippen molar-refractivity contribution in [2.24, 2.45) is 0 Å². The number of rotatable bonds is 5. The summed E-state index contributed by atoms with van der Waals surface area (Å²) in [7, 11) is 0. The quantitative estimate of drug-likeness (QED) is 0.563. The summed E-state index contributed by atoms with van der Waals surface area (Å²) in [5.74, 6) is -1.92. The van der Waals surface area contributed by atoms with Crippen LogP contribution >= 0.6 is 11.8 Å². The van der Waals surface area contributed by atoms with Crippen LogP contribution in [0, 0.1) is 0 Å². The Morgan fingerprint density at radius 1 is 1.12 bits per heavy atom. The normalized spacial score (nSPS) is 18.9. The number of benzene rings is 2. The summed E-state index contributed by atoms with van der Waals surface area (Å²) < 4.78 is 10.1. The van der Waals surface area contributed by atoms with Crippen molar-refractivity contribution >= 4 is 35.5 Å². The summed E-state index contributed by atoms with van der Waals surface area (Å²) >= 11 is 1.33. The SMILES string of the molecule is CC1SCC(C(=O)O)N1C(=O)c1nonc1NC(=O)OCC1c2ccccc2-c2ccccc21. The number of carboxylic acid groups (broad SMARTS) is 1. The number of amides is 2. The van der Waals surface area contributed by atoms with E-state index in [0.717, 1.165) is 22.3 Å². The summed E-state index contributed by atoms with van der Waals surface area (Å²) in [5.41, 5.74) is 4.05. The molecule has 2 aliphatic rings. The number of hydrogen-bond acceptors (Lipinski definition) is 8. The van der Waals surface area contributed by atoms with Gasteiger partial charge >= 0.3 is 12.1 Å². The van der Waals surface area contributed by atoms with Crippen LogP contribution in [0.25, 0.3) is 11.1 Å². The topological polar surface area (TPSA) is 135 Å². The number of hydrogen-bond donors (Lipinski definition) is 2. The van der Waals surface area contributed by atoms with Crippen molar-refractivity contribution in [3.8, 4) is 11.1 Å². The fourth-order valence-electron chi connectivity index (χ4n) is 4.41. The fraction of sp³-hybridized carbons (Fsp3) is 0.261. The fourth-order valence-corrected chi connectivity index (χ4v) is 5.57. The lowest BCUT2D eigenvalue weighted by molar-refractivity contribution is -0.141. The molecule has 2 N–H and O–H groups in total. The van der Waals surface area contributed by atoms with E-state index in [0.29, 0.717) is 0 Å².